The van der Waals surface area contributed by atoms with Crippen molar-refractivity contribution >= 4 is 23.0 Å². The Hall–Kier alpha value is -4.47. The summed E-state index contributed by atoms with van der Waals surface area (Å²) in [7, 11) is 0. The van der Waals surface area contributed by atoms with Crippen molar-refractivity contribution < 1.29 is 24.2 Å². The van der Waals surface area contributed by atoms with E-state index in [1.807, 2.05) is 54.6 Å². The van der Waals surface area contributed by atoms with E-state index in [1.54, 1.807) is 11.8 Å². The van der Waals surface area contributed by atoms with E-state index in [2.05, 4.69) is 26.7 Å². The lowest BCUT2D eigenvalue weighted by atomic mass is 9.96. The number of amides is 1. The molecular weight excluding hydrogens is 486 g/mol. The number of fused-ring (bicyclic) bond motifs is 1. The number of tetrazole rings is 1. The molecule has 1 aromatic heterocycles. The number of ether oxygens (including phenoxy) is 2. The molecule has 4 aromatic rings. The van der Waals surface area contributed by atoms with Crippen LogP contribution in [0.3, 0.4) is 0 Å². The summed E-state index contributed by atoms with van der Waals surface area (Å²) in [6.45, 7) is 2.41. The average molecular weight is 516 g/mol. The maximum Gasteiger partial charge on any atom is 0.506 e. The molecule has 0 saturated heterocycles. The van der Waals surface area contributed by atoms with Gasteiger partial charge in [0.1, 0.15) is 5.60 Å². The normalized spacial score (nSPS) is 14.3. The molecule has 3 aromatic carbocycles. The van der Waals surface area contributed by atoms with Crippen LogP contribution in [-0.4, -0.2) is 61.6 Å². The molecule has 0 atom stereocenters. The Kier molecular flexibility index (Phi) is 7.21. The maximum absolute atomic E-state index is 12.8. The number of rotatable bonds is 8. The Labute approximate surface area is 219 Å². The highest BCUT2D eigenvalue weighted by Gasteiger charge is 2.41. The van der Waals surface area contributed by atoms with Crippen LogP contribution in [0.4, 0.5) is 9.59 Å². The molecule has 5 rings (SSSR count). The smallest absolute Gasteiger partial charge is 0.450 e. The van der Waals surface area contributed by atoms with Crippen molar-refractivity contribution in [2.45, 2.75) is 44.8 Å². The van der Waals surface area contributed by atoms with Crippen LogP contribution in [0.1, 0.15) is 38.2 Å². The Morgan fingerprint density at radius 2 is 1.76 bits per heavy atom. The zero-order valence-electron chi connectivity index (χ0n) is 21.1. The molecule has 38 heavy (non-hydrogen) atoms. The fraction of sp³-hybridized carbons (Fsp3) is 0.321. The van der Waals surface area contributed by atoms with Crippen LogP contribution >= 0.6 is 0 Å². The molecular formula is C28H29N5O5. The van der Waals surface area contributed by atoms with Gasteiger partial charge in [0.25, 0.3) is 0 Å². The lowest BCUT2D eigenvalue weighted by molar-refractivity contribution is -0.0357. The van der Waals surface area contributed by atoms with Crippen molar-refractivity contribution in [2.75, 3.05) is 13.2 Å². The van der Waals surface area contributed by atoms with Crippen molar-refractivity contribution in [3.63, 3.8) is 0 Å². The first-order chi connectivity index (χ1) is 18.5. The van der Waals surface area contributed by atoms with Gasteiger partial charge in [-0.25, -0.2) is 9.59 Å². The third kappa shape index (κ3) is 5.44. The summed E-state index contributed by atoms with van der Waals surface area (Å²) in [6.07, 6.45) is 1.08. The van der Waals surface area contributed by atoms with E-state index in [9.17, 15) is 14.7 Å². The molecule has 1 aliphatic rings. The summed E-state index contributed by atoms with van der Waals surface area (Å²) in [6, 6.07) is 20.1. The number of benzene rings is 3. The Morgan fingerprint density at radius 1 is 1.03 bits per heavy atom. The average Bonchev–Trinajstić information content (AvgIpc) is 3.61. The largest absolute Gasteiger partial charge is 0.506 e. The molecule has 2 N–H and O–H groups in total. The molecule has 10 heteroatoms. The molecule has 10 nitrogen and oxygen atoms in total. The van der Waals surface area contributed by atoms with E-state index in [4.69, 9.17) is 9.47 Å². The van der Waals surface area contributed by atoms with Crippen molar-refractivity contribution in [3.8, 4) is 22.5 Å². The second-order valence-electron chi connectivity index (χ2n) is 9.49. The van der Waals surface area contributed by atoms with Crippen LogP contribution < -0.4 is 0 Å². The predicted molar refractivity (Wildman–Crippen MR) is 140 cm³/mol. The minimum Gasteiger partial charge on any atom is -0.450 e. The number of aromatic amines is 1. The molecule has 196 valence electrons. The third-order valence-corrected chi connectivity index (χ3v) is 6.93. The van der Waals surface area contributed by atoms with Gasteiger partial charge in [-0.05, 0) is 77.4 Å². The fourth-order valence-corrected chi connectivity index (χ4v) is 5.23. The van der Waals surface area contributed by atoms with Gasteiger partial charge in [0.2, 0.25) is 5.82 Å². The van der Waals surface area contributed by atoms with E-state index in [0.717, 1.165) is 45.9 Å². The number of carbonyl (C=O) groups excluding carboxylic acids is 1. The topological polar surface area (TPSA) is 131 Å². The number of nitrogens with zero attached hydrogens (tertiary/aromatic N) is 4. The van der Waals surface area contributed by atoms with Crippen molar-refractivity contribution in [3.05, 3.63) is 66.2 Å². The number of nitrogens with one attached hydrogen (secondary N) is 1. The van der Waals surface area contributed by atoms with E-state index >= 15 is 0 Å². The van der Waals surface area contributed by atoms with Crippen LogP contribution in [0.25, 0.3) is 33.3 Å². The number of H-pyrrole nitrogens is 1. The third-order valence-electron chi connectivity index (χ3n) is 6.93. The molecule has 1 amide bonds. The zero-order valence-corrected chi connectivity index (χ0v) is 21.1. The SMILES string of the molecule is CCOC(=O)N(Cc1ccc2cc(-c3ccccc3-c3nn[nH]n3)ccc2c1)CC1(OC(=O)O)CCCC1. The van der Waals surface area contributed by atoms with Crippen LogP contribution in [-0.2, 0) is 16.0 Å². The lowest BCUT2D eigenvalue weighted by Crippen LogP contribution is -2.46. The molecule has 1 fully saturated rings. The number of hydrogen-bond donors (Lipinski definition) is 2. The summed E-state index contributed by atoms with van der Waals surface area (Å²) in [5.41, 5.74) is 2.90. The summed E-state index contributed by atoms with van der Waals surface area (Å²) >= 11 is 0. The van der Waals surface area contributed by atoms with E-state index < -0.39 is 17.8 Å². The van der Waals surface area contributed by atoms with Crippen molar-refractivity contribution in [1.82, 2.24) is 25.5 Å². The molecule has 1 saturated carbocycles. The summed E-state index contributed by atoms with van der Waals surface area (Å²) < 4.78 is 10.6. The van der Waals surface area contributed by atoms with Gasteiger partial charge in [0.15, 0.2) is 0 Å². The number of carbonyl (C=O) groups is 2. The first-order valence-electron chi connectivity index (χ1n) is 12.7. The van der Waals surface area contributed by atoms with Crippen LogP contribution in [0.2, 0.25) is 0 Å². The van der Waals surface area contributed by atoms with Crippen LogP contribution in [0, 0.1) is 0 Å². The Morgan fingerprint density at radius 3 is 2.47 bits per heavy atom. The first kappa shape index (κ1) is 25.2. The van der Waals surface area contributed by atoms with Crippen molar-refractivity contribution in [2.24, 2.45) is 0 Å². The molecule has 0 unspecified atom stereocenters. The molecule has 0 spiro atoms. The lowest BCUT2D eigenvalue weighted by Gasteiger charge is -2.33. The summed E-state index contributed by atoms with van der Waals surface area (Å²) in [5.74, 6) is 0.530. The van der Waals surface area contributed by atoms with Crippen LogP contribution in [0.5, 0.6) is 0 Å². The standard InChI is InChI=1S/C28H29N5O5/c1-2-37-26(34)33(18-28(38-27(35)36)13-5-6-14-28)17-19-9-10-21-16-22(12-11-20(21)15-19)23-7-3-4-8-24(23)25-29-31-32-30-25/h3-4,7-12,15-16H,2,5-6,13-14,17-18H2,1H3,(H,35,36)(H,29,30,31,32). The van der Waals surface area contributed by atoms with Gasteiger partial charge in [0.05, 0.1) is 13.2 Å². The second kappa shape index (κ2) is 10.9. The number of aromatic nitrogens is 4. The minimum absolute atomic E-state index is 0.155. The van der Waals surface area contributed by atoms with Gasteiger partial charge >= 0.3 is 12.2 Å². The van der Waals surface area contributed by atoms with Gasteiger partial charge < -0.3 is 14.6 Å². The predicted octanol–water partition coefficient (Wildman–Crippen LogP) is 5.65. The zero-order chi connectivity index (χ0) is 26.5. The van der Waals surface area contributed by atoms with Gasteiger partial charge in [-0.1, -0.05) is 48.5 Å². The van der Waals surface area contributed by atoms with E-state index in [0.29, 0.717) is 18.7 Å². The molecule has 0 radical (unpaired) electrons. The minimum atomic E-state index is -1.32. The van der Waals surface area contributed by atoms with Crippen molar-refractivity contribution in [1.29, 1.82) is 0 Å². The maximum atomic E-state index is 12.8. The molecule has 1 heterocycles. The highest BCUT2D eigenvalue weighted by molar-refractivity contribution is 5.90. The number of carboxylic acid groups (broad SMARTS) is 1. The van der Waals surface area contributed by atoms with Crippen LogP contribution in [0.15, 0.2) is 60.7 Å². The Bertz CT molecular complexity index is 1430. The summed E-state index contributed by atoms with van der Waals surface area (Å²) in [5, 5.41) is 25.8. The fourth-order valence-electron chi connectivity index (χ4n) is 5.23. The molecule has 0 bridgehead atoms. The highest BCUT2D eigenvalue weighted by Crippen LogP contribution is 2.35. The Balaban J connectivity index is 1.41. The van der Waals surface area contributed by atoms with Gasteiger partial charge in [-0.2, -0.15) is 5.21 Å². The monoisotopic (exact) mass is 515 g/mol. The quantitative estimate of drug-likeness (QED) is 0.288. The summed E-state index contributed by atoms with van der Waals surface area (Å²) in [4.78, 5) is 25.8. The second-order valence-corrected chi connectivity index (χ2v) is 9.49. The molecule has 1 aliphatic carbocycles. The first-order valence-corrected chi connectivity index (χ1v) is 12.7. The van der Waals surface area contributed by atoms with Gasteiger partial charge in [-0.3, -0.25) is 4.90 Å². The molecule has 0 aliphatic heterocycles. The number of hydrogen-bond acceptors (Lipinski definition) is 7. The van der Waals surface area contributed by atoms with Gasteiger partial charge in [0, 0.05) is 12.1 Å². The highest BCUT2D eigenvalue weighted by atomic mass is 16.7. The van der Waals surface area contributed by atoms with E-state index in [1.165, 1.54) is 0 Å². The van der Waals surface area contributed by atoms with E-state index in [-0.39, 0.29) is 19.7 Å². The van der Waals surface area contributed by atoms with Gasteiger partial charge in [-0.15, -0.1) is 10.2 Å².